The van der Waals surface area contributed by atoms with Crippen LogP contribution in [0.3, 0.4) is 0 Å². The van der Waals surface area contributed by atoms with Gasteiger partial charge in [-0.2, -0.15) is 0 Å². The molecule has 0 aliphatic carbocycles. The van der Waals surface area contributed by atoms with E-state index in [1.807, 2.05) is 26.0 Å². The maximum atomic E-state index is 13.0. The lowest BCUT2D eigenvalue weighted by Crippen LogP contribution is -2.50. The Hall–Kier alpha value is -2.27. The molecule has 0 atom stereocenters. The molecule has 1 aliphatic heterocycles. The van der Waals surface area contributed by atoms with Crippen LogP contribution in [0.4, 0.5) is 4.39 Å². The topological polar surface area (TPSA) is 42.4 Å². The van der Waals surface area contributed by atoms with Crippen molar-refractivity contribution in [2.24, 2.45) is 0 Å². The zero-order chi connectivity index (χ0) is 17.2. The first-order valence-electron chi connectivity index (χ1n) is 8.07. The molecule has 126 valence electrons. The summed E-state index contributed by atoms with van der Waals surface area (Å²) in [5.74, 6) is -0.335. The fourth-order valence-electron chi connectivity index (χ4n) is 2.86. The predicted molar refractivity (Wildman–Crippen MR) is 89.4 cm³/mol. The maximum absolute atomic E-state index is 13.0. The van der Waals surface area contributed by atoms with Crippen LogP contribution < -0.4 is 0 Å². The number of hydrogen-bond acceptors (Lipinski definition) is 3. The highest BCUT2D eigenvalue weighted by molar-refractivity contribution is 5.92. The molecule has 0 N–H and O–H groups in total. The molecule has 0 bridgehead atoms. The number of ether oxygens (including phenoxy) is 1. The van der Waals surface area contributed by atoms with Crippen molar-refractivity contribution in [1.82, 2.24) is 9.88 Å². The molecule has 3 rings (SSSR count). The number of hydrogen-bond donors (Lipinski definition) is 0. The van der Waals surface area contributed by atoms with Gasteiger partial charge in [0.15, 0.2) is 0 Å². The molecule has 1 aromatic carbocycles. The van der Waals surface area contributed by atoms with E-state index in [0.717, 1.165) is 11.3 Å². The molecule has 2 heterocycles. The first kappa shape index (κ1) is 16.6. The molecule has 5 heteroatoms. The summed E-state index contributed by atoms with van der Waals surface area (Å²) in [6.45, 7) is 5.62. The monoisotopic (exact) mass is 328 g/mol. The Bertz CT molecular complexity index is 728. The second kappa shape index (κ2) is 6.69. The summed E-state index contributed by atoms with van der Waals surface area (Å²) < 4.78 is 18.6. The number of pyridine rings is 1. The van der Waals surface area contributed by atoms with Gasteiger partial charge in [0.05, 0.1) is 12.2 Å². The number of carbonyl (C=O) groups excluding carboxylic acids is 1. The number of halogens is 1. The number of morpholine rings is 1. The van der Waals surface area contributed by atoms with E-state index in [9.17, 15) is 9.18 Å². The van der Waals surface area contributed by atoms with Gasteiger partial charge in [0.25, 0.3) is 5.91 Å². The van der Waals surface area contributed by atoms with E-state index in [-0.39, 0.29) is 17.3 Å². The van der Waals surface area contributed by atoms with Crippen LogP contribution in [-0.2, 0) is 11.2 Å². The number of amides is 1. The second-order valence-corrected chi connectivity index (χ2v) is 6.65. The van der Waals surface area contributed by atoms with Crippen LogP contribution in [0, 0.1) is 5.82 Å². The highest BCUT2D eigenvalue weighted by Gasteiger charge is 2.30. The highest BCUT2D eigenvalue weighted by atomic mass is 19.1. The van der Waals surface area contributed by atoms with E-state index in [1.54, 1.807) is 23.1 Å². The Labute approximate surface area is 141 Å². The van der Waals surface area contributed by atoms with E-state index >= 15 is 0 Å². The van der Waals surface area contributed by atoms with Crippen molar-refractivity contribution in [2.45, 2.75) is 25.9 Å². The first-order valence-corrected chi connectivity index (χ1v) is 8.07. The number of benzene rings is 1. The Kier molecular flexibility index (Phi) is 4.62. The van der Waals surface area contributed by atoms with Crippen molar-refractivity contribution < 1.29 is 13.9 Å². The SMILES string of the molecule is CC1(C)CN(C(=O)c2cccc(Cc3ccc(F)cc3)n2)CCO1. The minimum Gasteiger partial charge on any atom is -0.372 e. The van der Waals surface area contributed by atoms with Gasteiger partial charge in [-0.25, -0.2) is 9.37 Å². The largest absolute Gasteiger partial charge is 0.372 e. The fraction of sp³-hybridized carbons (Fsp3) is 0.368. The third kappa shape index (κ3) is 3.97. The lowest BCUT2D eigenvalue weighted by Gasteiger charge is -2.38. The van der Waals surface area contributed by atoms with Gasteiger partial charge in [0, 0.05) is 25.2 Å². The second-order valence-electron chi connectivity index (χ2n) is 6.65. The molecule has 1 amide bonds. The Morgan fingerprint density at radius 3 is 2.71 bits per heavy atom. The normalized spacial score (nSPS) is 16.9. The summed E-state index contributed by atoms with van der Waals surface area (Å²) in [6, 6.07) is 11.8. The summed E-state index contributed by atoms with van der Waals surface area (Å²) in [5.41, 5.74) is 1.85. The van der Waals surface area contributed by atoms with Crippen LogP contribution in [0.2, 0.25) is 0 Å². The number of rotatable bonds is 3. The van der Waals surface area contributed by atoms with E-state index in [4.69, 9.17) is 4.74 Å². The lowest BCUT2D eigenvalue weighted by atomic mass is 10.1. The van der Waals surface area contributed by atoms with Crippen LogP contribution in [0.5, 0.6) is 0 Å². The van der Waals surface area contributed by atoms with Crippen LogP contribution >= 0.6 is 0 Å². The van der Waals surface area contributed by atoms with Crippen molar-refractivity contribution in [3.63, 3.8) is 0 Å². The summed E-state index contributed by atoms with van der Waals surface area (Å²) in [4.78, 5) is 19.0. The molecule has 1 aromatic heterocycles. The molecule has 0 radical (unpaired) electrons. The Balaban J connectivity index is 1.75. The Morgan fingerprint density at radius 2 is 2.00 bits per heavy atom. The smallest absolute Gasteiger partial charge is 0.272 e. The molecule has 0 spiro atoms. The molecule has 4 nitrogen and oxygen atoms in total. The van der Waals surface area contributed by atoms with E-state index in [1.165, 1.54) is 12.1 Å². The molecule has 1 aliphatic rings. The number of aromatic nitrogens is 1. The third-order valence-corrected chi connectivity index (χ3v) is 4.04. The lowest BCUT2D eigenvalue weighted by molar-refractivity contribution is -0.0765. The van der Waals surface area contributed by atoms with Crippen molar-refractivity contribution in [1.29, 1.82) is 0 Å². The standard InChI is InChI=1S/C19H21FN2O2/c1-19(2)13-22(10-11-24-19)18(23)17-5-3-4-16(21-17)12-14-6-8-15(20)9-7-14/h3-9H,10-13H2,1-2H3. The zero-order valence-corrected chi connectivity index (χ0v) is 14.0. The third-order valence-electron chi connectivity index (χ3n) is 4.04. The first-order chi connectivity index (χ1) is 11.4. The number of nitrogens with zero attached hydrogens (tertiary/aromatic N) is 2. The zero-order valence-electron chi connectivity index (χ0n) is 14.0. The quantitative estimate of drug-likeness (QED) is 0.870. The minimum atomic E-state index is -0.334. The molecule has 0 unspecified atom stereocenters. The minimum absolute atomic E-state index is 0.0765. The summed E-state index contributed by atoms with van der Waals surface area (Å²) in [5, 5.41) is 0. The van der Waals surface area contributed by atoms with Gasteiger partial charge in [-0.1, -0.05) is 18.2 Å². The van der Waals surface area contributed by atoms with Gasteiger partial charge in [-0.15, -0.1) is 0 Å². The summed E-state index contributed by atoms with van der Waals surface area (Å²) in [6.07, 6.45) is 0.565. The van der Waals surface area contributed by atoms with Gasteiger partial charge in [-0.3, -0.25) is 4.79 Å². The Morgan fingerprint density at radius 1 is 1.25 bits per heavy atom. The molecule has 2 aromatic rings. The summed E-state index contributed by atoms with van der Waals surface area (Å²) >= 11 is 0. The maximum Gasteiger partial charge on any atom is 0.272 e. The molecular weight excluding hydrogens is 307 g/mol. The van der Waals surface area contributed by atoms with Crippen LogP contribution in [0.25, 0.3) is 0 Å². The van der Waals surface area contributed by atoms with Crippen molar-refractivity contribution in [3.05, 3.63) is 65.2 Å². The van der Waals surface area contributed by atoms with E-state index in [2.05, 4.69) is 4.98 Å². The van der Waals surface area contributed by atoms with E-state index < -0.39 is 0 Å². The van der Waals surface area contributed by atoms with E-state index in [0.29, 0.717) is 31.8 Å². The predicted octanol–water partition coefficient (Wildman–Crippen LogP) is 3.06. The van der Waals surface area contributed by atoms with Gasteiger partial charge < -0.3 is 9.64 Å². The highest BCUT2D eigenvalue weighted by Crippen LogP contribution is 2.18. The van der Waals surface area contributed by atoms with Gasteiger partial charge in [0.2, 0.25) is 0 Å². The van der Waals surface area contributed by atoms with Crippen LogP contribution in [-0.4, -0.2) is 41.1 Å². The molecule has 1 fully saturated rings. The molecule has 0 saturated carbocycles. The molecular formula is C19H21FN2O2. The van der Waals surface area contributed by atoms with Gasteiger partial charge >= 0.3 is 0 Å². The molecule has 24 heavy (non-hydrogen) atoms. The molecule has 1 saturated heterocycles. The van der Waals surface area contributed by atoms with Crippen molar-refractivity contribution in [2.75, 3.05) is 19.7 Å². The van der Waals surface area contributed by atoms with Crippen LogP contribution in [0.15, 0.2) is 42.5 Å². The summed E-state index contributed by atoms with van der Waals surface area (Å²) in [7, 11) is 0. The average Bonchev–Trinajstić information content (AvgIpc) is 2.56. The van der Waals surface area contributed by atoms with Crippen molar-refractivity contribution >= 4 is 5.91 Å². The fourth-order valence-corrected chi connectivity index (χ4v) is 2.86. The average molecular weight is 328 g/mol. The van der Waals surface area contributed by atoms with Crippen molar-refractivity contribution in [3.8, 4) is 0 Å². The van der Waals surface area contributed by atoms with Crippen LogP contribution in [0.1, 0.15) is 35.6 Å². The van der Waals surface area contributed by atoms with Gasteiger partial charge in [0.1, 0.15) is 11.5 Å². The number of carbonyl (C=O) groups is 1. The van der Waals surface area contributed by atoms with Gasteiger partial charge in [-0.05, 0) is 43.7 Å².